The van der Waals surface area contributed by atoms with Gasteiger partial charge in [0.25, 0.3) is 0 Å². The zero-order chi connectivity index (χ0) is 6.41. The van der Waals surface area contributed by atoms with E-state index in [1.807, 2.05) is 13.8 Å². The number of hydrogen-bond donors (Lipinski definition) is 1. The van der Waals surface area contributed by atoms with Gasteiger partial charge in [-0.3, -0.25) is 5.09 Å². The molecular weight excluding hydrogens is 121 g/mol. The molecule has 1 unspecified atom stereocenters. The molecule has 1 heterocycles. The van der Waals surface area contributed by atoms with Crippen LogP contribution in [0.2, 0.25) is 0 Å². The second-order valence-electron chi connectivity index (χ2n) is 3.07. The lowest BCUT2D eigenvalue weighted by molar-refractivity contribution is 0.483. The molecule has 48 valence electrons. The van der Waals surface area contributed by atoms with Crippen molar-refractivity contribution >= 4 is 7.29 Å². The Hall–Kier alpha value is 0.190. The summed E-state index contributed by atoms with van der Waals surface area (Å²) in [6, 6.07) is 0. The molecule has 1 aliphatic heterocycles. The van der Waals surface area contributed by atoms with Crippen LogP contribution in [-0.2, 0) is 4.57 Å². The van der Waals surface area contributed by atoms with Gasteiger partial charge < -0.3 is 4.57 Å². The molecular formula is C5H12NOP. The van der Waals surface area contributed by atoms with E-state index < -0.39 is 7.29 Å². The highest BCUT2D eigenvalue weighted by atomic mass is 31.2. The fraction of sp³-hybridized carbons (Fsp3) is 1.00. The molecule has 1 saturated heterocycles. The van der Waals surface area contributed by atoms with E-state index in [9.17, 15) is 4.57 Å². The quantitative estimate of drug-likeness (QED) is 0.504. The summed E-state index contributed by atoms with van der Waals surface area (Å²) in [5, 5.41) is 2.99. The molecule has 3 heteroatoms. The second kappa shape index (κ2) is 1.37. The molecule has 8 heavy (non-hydrogen) atoms. The standard InChI is InChI=1S/C5H12NOP/c1-5(2)4-6-8(5,3)7/h4H2,1-3H3,(H,6,7). The molecule has 0 radical (unpaired) electrons. The van der Waals surface area contributed by atoms with Crippen LogP contribution in [0.1, 0.15) is 13.8 Å². The van der Waals surface area contributed by atoms with E-state index >= 15 is 0 Å². The van der Waals surface area contributed by atoms with Gasteiger partial charge in [-0.1, -0.05) is 13.8 Å². The first-order valence-electron chi connectivity index (χ1n) is 2.78. The van der Waals surface area contributed by atoms with Crippen LogP contribution >= 0.6 is 7.29 Å². The van der Waals surface area contributed by atoms with Crippen molar-refractivity contribution in [1.82, 2.24) is 5.09 Å². The lowest BCUT2D eigenvalue weighted by atomic mass is 10.2. The molecule has 1 fully saturated rings. The molecule has 1 aliphatic rings. The van der Waals surface area contributed by atoms with Gasteiger partial charge in [-0.2, -0.15) is 0 Å². The van der Waals surface area contributed by atoms with Gasteiger partial charge in [0.15, 0.2) is 7.29 Å². The van der Waals surface area contributed by atoms with Gasteiger partial charge in [0.1, 0.15) is 0 Å². The highest BCUT2D eigenvalue weighted by Gasteiger charge is 2.44. The molecule has 0 bridgehead atoms. The van der Waals surface area contributed by atoms with Crippen molar-refractivity contribution in [3.05, 3.63) is 0 Å². The van der Waals surface area contributed by atoms with E-state index in [1.165, 1.54) is 0 Å². The Kier molecular flexibility index (Phi) is 1.08. The summed E-state index contributed by atoms with van der Waals surface area (Å²) in [5.74, 6) is 0. The van der Waals surface area contributed by atoms with Gasteiger partial charge in [0, 0.05) is 18.4 Å². The number of hydrogen-bond acceptors (Lipinski definition) is 1. The first kappa shape index (κ1) is 6.31. The Morgan fingerprint density at radius 1 is 1.62 bits per heavy atom. The van der Waals surface area contributed by atoms with E-state index in [0.29, 0.717) is 0 Å². The molecule has 0 saturated carbocycles. The van der Waals surface area contributed by atoms with Crippen LogP contribution in [0.4, 0.5) is 0 Å². The maximum absolute atomic E-state index is 11.2. The Morgan fingerprint density at radius 2 is 2.00 bits per heavy atom. The molecule has 0 spiro atoms. The first-order valence-corrected chi connectivity index (χ1v) is 4.94. The van der Waals surface area contributed by atoms with E-state index in [4.69, 9.17) is 0 Å². The minimum Gasteiger partial charge on any atom is -0.306 e. The molecule has 0 aromatic carbocycles. The van der Waals surface area contributed by atoms with E-state index in [1.54, 1.807) is 6.66 Å². The van der Waals surface area contributed by atoms with Crippen molar-refractivity contribution < 1.29 is 4.57 Å². The van der Waals surface area contributed by atoms with E-state index in [0.717, 1.165) is 6.54 Å². The summed E-state index contributed by atoms with van der Waals surface area (Å²) in [6.45, 7) is 6.77. The van der Waals surface area contributed by atoms with Crippen LogP contribution in [-0.4, -0.2) is 18.4 Å². The van der Waals surface area contributed by atoms with Gasteiger partial charge in [-0.15, -0.1) is 0 Å². The predicted octanol–water partition coefficient (Wildman–Crippen LogP) is 1.28. The maximum Gasteiger partial charge on any atom is 0.151 e. The summed E-state index contributed by atoms with van der Waals surface area (Å²) in [7, 11) is -1.92. The van der Waals surface area contributed by atoms with Crippen LogP contribution in [0, 0.1) is 0 Å². The van der Waals surface area contributed by atoms with Gasteiger partial charge in [-0.25, -0.2) is 0 Å². The van der Waals surface area contributed by atoms with Crippen molar-refractivity contribution in [1.29, 1.82) is 0 Å². The smallest absolute Gasteiger partial charge is 0.151 e. The van der Waals surface area contributed by atoms with Gasteiger partial charge in [0.2, 0.25) is 0 Å². The van der Waals surface area contributed by atoms with Crippen LogP contribution in [0.15, 0.2) is 0 Å². The normalized spacial score (nSPS) is 43.4. The fourth-order valence-electron chi connectivity index (χ4n) is 0.618. The summed E-state index contributed by atoms with van der Waals surface area (Å²) in [4.78, 5) is 0. The molecule has 0 aliphatic carbocycles. The first-order chi connectivity index (χ1) is 3.46. The fourth-order valence-corrected chi connectivity index (χ4v) is 1.85. The average Bonchev–Trinajstić information content (AvgIpc) is 1.64. The van der Waals surface area contributed by atoms with Crippen LogP contribution in [0.3, 0.4) is 0 Å². The molecule has 0 aromatic rings. The van der Waals surface area contributed by atoms with Gasteiger partial charge >= 0.3 is 0 Å². The summed E-state index contributed by atoms with van der Waals surface area (Å²) in [6.07, 6.45) is 0. The Morgan fingerprint density at radius 3 is 2.00 bits per heavy atom. The number of rotatable bonds is 0. The van der Waals surface area contributed by atoms with Crippen LogP contribution in [0.5, 0.6) is 0 Å². The molecule has 2 nitrogen and oxygen atoms in total. The largest absolute Gasteiger partial charge is 0.306 e. The van der Waals surface area contributed by atoms with Crippen molar-refractivity contribution in [2.75, 3.05) is 13.2 Å². The SMILES string of the molecule is CC1(C)CNP1(C)=O. The maximum atomic E-state index is 11.2. The zero-order valence-corrected chi connectivity index (χ0v) is 6.46. The van der Waals surface area contributed by atoms with Crippen LogP contribution in [0.25, 0.3) is 0 Å². The van der Waals surface area contributed by atoms with Crippen molar-refractivity contribution in [2.45, 2.75) is 19.0 Å². The predicted molar refractivity (Wildman–Crippen MR) is 35.6 cm³/mol. The third-order valence-corrected chi connectivity index (χ3v) is 5.20. The average molecular weight is 133 g/mol. The van der Waals surface area contributed by atoms with Gasteiger partial charge in [-0.05, 0) is 0 Å². The number of nitrogens with one attached hydrogen (secondary N) is 1. The lowest BCUT2D eigenvalue weighted by Crippen LogP contribution is -2.47. The Labute approximate surface area is 50.1 Å². The summed E-state index contributed by atoms with van der Waals surface area (Å²) >= 11 is 0. The second-order valence-corrected chi connectivity index (χ2v) is 6.45. The third kappa shape index (κ3) is 0.636. The molecule has 0 aromatic heterocycles. The lowest BCUT2D eigenvalue weighted by Gasteiger charge is -2.42. The van der Waals surface area contributed by atoms with E-state index in [2.05, 4.69) is 5.09 Å². The Balaban J connectivity index is 2.78. The zero-order valence-electron chi connectivity index (χ0n) is 5.56. The molecule has 0 amide bonds. The molecule has 1 rings (SSSR count). The highest BCUT2D eigenvalue weighted by Crippen LogP contribution is 2.57. The van der Waals surface area contributed by atoms with Crippen molar-refractivity contribution in [3.63, 3.8) is 0 Å². The minimum atomic E-state index is -1.92. The topological polar surface area (TPSA) is 29.1 Å². The summed E-state index contributed by atoms with van der Waals surface area (Å²) < 4.78 is 11.2. The Bertz CT molecular complexity index is 153. The van der Waals surface area contributed by atoms with Crippen molar-refractivity contribution in [2.24, 2.45) is 0 Å². The van der Waals surface area contributed by atoms with Gasteiger partial charge in [0.05, 0.1) is 0 Å². The summed E-state index contributed by atoms with van der Waals surface area (Å²) in [5.41, 5.74) is 0. The highest BCUT2D eigenvalue weighted by molar-refractivity contribution is 7.64. The monoisotopic (exact) mass is 133 g/mol. The minimum absolute atomic E-state index is 0.0625. The third-order valence-electron chi connectivity index (χ3n) is 1.97. The molecule has 1 atom stereocenters. The van der Waals surface area contributed by atoms with Crippen LogP contribution < -0.4 is 5.09 Å². The van der Waals surface area contributed by atoms with Crippen molar-refractivity contribution in [3.8, 4) is 0 Å². The van der Waals surface area contributed by atoms with E-state index in [-0.39, 0.29) is 5.16 Å². The molecule has 1 N–H and O–H groups in total.